The molecule has 3 aromatic rings. The Morgan fingerprint density at radius 3 is 2.73 bits per heavy atom. The van der Waals surface area contributed by atoms with Gasteiger partial charge in [-0.1, -0.05) is 24.3 Å². The minimum atomic E-state index is -0.416. The fraction of sp³-hybridized carbons (Fsp3) is 0.238. The molecule has 1 amide bonds. The molecule has 8 nitrogen and oxygen atoms in total. The number of thiazole rings is 1. The lowest BCUT2D eigenvalue weighted by Gasteiger charge is -2.12. The van der Waals surface area contributed by atoms with E-state index in [1.165, 1.54) is 17.4 Å². The normalized spacial score (nSPS) is 10.5. The summed E-state index contributed by atoms with van der Waals surface area (Å²) in [6.07, 6.45) is 0.725. The lowest BCUT2D eigenvalue weighted by molar-refractivity contribution is -0.385. The fourth-order valence-corrected chi connectivity index (χ4v) is 3.75. The summed E-state index contributed by atoms with van der Waals surface area (Å²) in [7, 11) is 3.13. The van der Waals surface area contributed by atoms with Crippen LogP contribution in [-0.4, -0.2) is 30.0 Å². The highest BCUT2D eigenvalue weighted by Crippen LogP contribution is 2.32. The van der Waals surface area contributed by atoms with Gasteiger partial charge in [-0.25, -0.2) is 4.98 Å². The predicted octanol–water partition coefficient (Wildman–Crippen LogP) is 4.62. The fourth-order valence-electron chi connectivity index (χ4n) is 3.01. The van der Waals surface area contributed by atoms with Gasteiger partial charge >= 0.3 is 0 Å². The summed E-state index contributed by atoms with van der Waals surface area (Å²) in [6.45, 7) is 1.69. The van der Waals surface area contributed by atoms with Crippen molar-refractivity contribution in [2.24, 2.45) is 0 Å². The molecule has 9 heteroatoms. The second kappa shape index (κ2) is 9.36. The molecule has 0 aliphatic heterocycles. The Kier molecular flexibility index (Phi) is 6.63. The highest BCUT2D eigenvalue weighted by Gasteiger charge is 2.15. The van der Waals surface area contributed by atoms with Crippen LogP contribution in [0.1, 0.15) is 17.5 Å². The molecule has 30 heavy (non-hydrogen) atoms. The predicted molar refractivity (Wildman–Crippen MR) is 115 cm³/mol. The van der Waals surface area contributed by atoms with Gasteiger partial charge in [0.2, 0.25) is 5.91 Å². The standard InChI is InChI=1S/C21H21N3O5S/c1-13-7-8-15(11-17(13)24(26)27)16-12-30-21(22-16)23-19(25)10-9-14-5-4-6-18(28-2)20(14)29-3/h4-8,11-12H,9-10H2,1-3H3,(H,22,23,25). The molecule has 1 aromatic heterocycles. The zero-order chi connectivity index (χ0) is 21.7. The largest absolute Gasteiger partial charge is 0.493 e. The molecule has 0 aliphatic rings. The Morgan fingerprint density at radius 2 is 2.03 bits per heavy atom. The maximum atomic E-state index is 12.4. The zero-order valence-electron chi connectivity index (χ0n) is 16.8. The summed E-state index contributed by atoms with van der Waals surface area (Å²) < 4.78 is 10.7. The minimum Gasteiger partial charge on any atom is -0.493 e. The van der Waals surface area contributed by atoms with E-state index in [1.807, 2.05) is 12.1 Å². The zero-order valence-corrected chi connectivity index (χ0v) is 17.6. The molecule has 2 aromatic carbocycles. The monoisotopic (exact) mass is 427 g/mol. The van der Waals surface area contributed by atoms with E-state index in [2.05, 4.69) is 10.3 Å². The molecular formula is C21H21N3O5S. The number of rotatable bonds is 8. The Morgan fingerprint density at radius 1 is 1.23 bits per heavy atom. The lowest BCUT2D eigenvalue weighted by atomic mass is 10.1. The lowest BCUT2D eigenvalue weighted by Crippen LogP contribution is -2.12. The van der Waals surface area contributed by atoms with Crippen molar-refractivity contribution in [3.8, 4) is 22.8 Å². The van der Waals surface area contributed by atoms with Crippen LogP contribution in [0.5, 0.6) is 11.5 Å². The van der Waals surface area contributed by atoms with E-state index in [-0.39, 0.29) is 18.0 Å². The number of nitrogens with zero attached hydrogens (tertiary/aromatic N) is 2. The summed E-state index contributed by atoms with van der Waals surface area (Å²) in [6, 6.07) is 10.5. The first-order valence-electron chi connectivity index (χ1n) is 9.13. The van der Waals surface area contributed by atoms with Crippen molar-refractivity contribution in [1.29, 1.82) is 0 Å². The number of nitro benzene ring substituents is 1. The van der Waals surface area contributed by atoms with Crippen molar-refractivity contribution >= 4 is 28.1 Å². The highest BCUT2D eigenvalue weighted by atomic mass is 32.1. The summed E-state index contributed by atoms with van der Waals surface area (Å²) >= 11 is 1.27. The second-order valence-corrected chi connectivity index (χ2v) is 7.36. The molecule has 0 saturated carbocycles. The summed E-state index contributed by atoms with van der Waals surface area (Å²) in [5.41, 5.74) is 2.70. The average Bonchev–Trinajstić information content (AvgIpc) is 3.20. The number of amides is 1. The molecule has 0 radical (unpaired) electrons. The minimum absolute atomic E-state index is 0.0401. The third-order valence-corrected chi connectivity index (χ3v) is 5.32. The number of nitro groups is 1. The van der Waals surface area contributed by atoms with Crippen LogP contribution in [0.2, 0.25) is 0 Å². The van der Waals surface area contributed by atoms with Crippen LogP contribution in [-0.2, 0) is 11.2 Å². The highest BCUT2D eigenvalue weighted by molar-refractivity contribution is 7.14. The summed E-state index contributed by atoms with van der Waals surface area (Å²) in [4.78, 5) is 27.5. The molecular weight excluding hydrogens is 406 g/mol. The van der Waals surface area contributed by atoms with Crippen molar-refractivity contribution in [2.75, 3.05) is 19.5 Å². The van der Waals surface area contributed by atoms with Crippen LogP contribution in [0, 0.1) is 17.0 Å². The van der Waals surface area contributed by atoms with Crippen molar-refractivity contribution < 1.29 is 19.2 Å². The van der Waals surface area contributed by atoms with Gasteiger partial charge in [0.05, 0.1) is 24.8 Å². The van der Waals surface area contributed by atoms with E-state index in [4.69, 9.17) is 9.47 Å². The van der Waals surface area contributed by atoms with E-state index in [9.17, 15) is 14.9 Å². The van der Waals surface area contributed by atoms with Crippen LogP contribution < -0.4 is 14.8 Å². The van der Waals surface area contributed by atoms with Gasteiger partial charge in [0.25, 0.3) is 5.69 Å². The number of carbonyl (C=O) groups is 1. The molecule has 0 atom stereocenters. The molecule has 0 aliphatic carbocycles. The number of anilines is 1. The molecule has 0 fully saturated rings. The molecule has 0 bridgehead atoms. The third kappa shape index (κ3) is 4.74. The molecule has 0 saturated heterocycles. The Balaban J connectivity index is 1.66. The van der Waals surface area contributed by atoms with Gasteiger partial charge < -0.3 is 14.8 Å². The number of aryl methyl sites for hydroxylation is 2. The van der Waals surface area contributed by atoms with Crippen LogP contribution in [0.3, 0.4) is 0 Å². The van der Waals surface area contributed by atoms with Crippen LogP contribution >= 0.6 is 11.3 Å². The van der Waals surface area contributed by atoms with Gasteiger partial charge in [-0.05, 0) is 25.0 Å². The number of carbonyl (C=O) groups excluding carboxylic acids is 1. The number of hydrogen-bond acceptors (Lipinski definition) is 7. The van der Waals surface area contributed by atoms with Gasteiger partial charge in [0, 0.05) is 29.0 Å². The number of nitrogens with one attached hydrogen (secondary N) is 1. The Hall–Kier alpha value is -3.46. The Labute approximate surface area is 177 Å². The van der Waals surface area contributed by atoms with Crippen molar-refractivity contribution in [3.63, 3.8) is 0 Å². The maximum Gasteiger partial charge on any atom is 0.272 e. The van der Waals surface area contributed by atoms with Gasteiger partial charge in [0.15, 0.2) is 16.6 Å². The van der Waals surface area contributed by atoms with E-state index in [0.29, 0.717) is 39.9 Å². The van der Waals surface area contributed by atoms with Crippen molar-refractivity contribution in [3.05, 3.63) is 63.0 Å². The van der Waals surface area contributed by atoms with Gasteiger partial charge in [-0.2, -0.15) is 0 Å². The number of hydrogen-bond donors (Lipinski definition) is 1. The van der Waals surface area contributed by atoms with Gasteiger partial charge in [0.1, 0.15) is 0 Å². The SMILES string of the molecule is COc1cccc(CCC(=O)Nc2nc(-c3ccc(C)c([N+](=O)[O-])c3)cs2)c1OC. The maximum absolute atomic E-state index is 12.4. The van der Waals surface area contributed by atoms with E-state index in [0.717, 1.165) is 5.56 Å². The first-order chi connectivity index (χ1) is 14.4. The second-order valence-electron chi connectivity index (χ2n) is 6.50. The topological polar surface area (TPSA) is 104 Å². The van der Waals surface area contributed by atoms with Crippen LogP contribution in [0.4, 0.5) is 10.8 Å². The molecule has 1 heterocycles. The number of ether oxygens (including phenoxy) is 2. The summed E-state index contributed by atoms with van der Waals surface area (Å²) in [5.74, 6) is 1.05. The van der Waals surface area contributed by atoms with Crippen LogP contribution in [0.25, 0.3) is 11.3 Å². The number of benzene rings is 2. The van der Waals surface area contributed by atoms with Crippen molar-refractivity contribution in [1.82, 2.24) is 4.98 Å². The first kappa shape index (κ1) is 21.3. The number of methoxy groups -OCH3 is 2. The average molecular weight is 427 g/mol. The quantitative estimate of drug-likeness (QED) is 0.416. The molecule has 0 spiro atoms. The van der Waals surface area contributed by atoms with E-state index >= 15 is 0 Å². The summed E-state index contributed by atoms with van der Waals surface area (Å²) in [5, 5.41) is 16.1. The molecule has 156 valence electrons. The number of aromatic nitrogens is 1. The van der Waals surface area contributed by atoms with Crippen molar-refractivity contribution in [2.45, 2.75) is 19.8 Å². The van der Waals surface area contributed by atoms with Crippen LogP contribution in [0.15, 0.2) is 41.8 Å². The van der Waals surface area contributed by atoms with E-state index < -0.39 is 4.92 Å². The third-order valence-electron chi connectivity index (χ3n) is 4.56. The number of para-hydroxylation sites is 1. The van der Waals surface area contributed by atoms with Gasteiger partial charge in [-0.15, -0.1) is 11.3 Å². The van der Waals surface area contributed by atoms with E-state index in [1.54, 1.807) is 44.7 Å². The Bertz CT molecular complexity index is 1080. The molecule has 3 rings (SSSR count). The molecule has 0 unspecified atom stereocenters. The van der Waals surface area contributed by atoms with Gasteiger partial charge in [-0.3, -0.25) is 14.9 Å². The molecule has 1 N–H and O–H groups in total. The first-order valence-corrected chi connectivity index (χ1v) is 10.0. The smallest absolute Gasteiger partial charge is 0.272 e.